The first-order chi connectivity index (χ1) is 9.66. The van der Waals surface area contributed by atoms with Crippen molar-refractivity contribution in [1.82, 2.24) is 15.5 Å². The summed E-state index contributed by atoms with van der Waals surface area (Å²) in [6, 6.07) is 2.50. The molecule has 1 aliphatic heterocycles. The average Bonchev–Trinajstić information content (AvgIpc) is 2.95. The number of halogens is 3. The molecule has 0 unspecified atom stereocenters. The monoisotopic (exact) mass is 343 g/mol. The number of aromatic nitrogens is 2. The van der Waals surface area contributed by atoms with Gasteiger partial charge >= 0.3 is 0 Å². The molecule has 20 heavy (non-hydrogen) atoms. The summed E-state index contributed by atoms with van der Waals surface area (Å²) in [7, 11) is 0. The van der Waals surface area contributed by atoms with Gasteiger partial charge in [0.1, 0.15) is 0 Å². The Morgan fingerprint density at radius 1 is 1.30 bits per heavy atom. The number of benzene rings is 1. The van der Waals surface area contributed by atoms with Gasteiger partial charge in [-0.1, -0.05) is 11.6 Å². The molecule has 1 fully saturated rings. The Morgan fingerprint density at radius 3 is 2.90 bits per heavy atom. The zero-order valence-electron chi connectivity index (χ0n) is 10.5. The second-order valence-electron chi connectivity index (χ2n) is 4.68. The van der Waals surface area contributed by atoms with Crippen LogP contribution in [-0.4, -0.2) is 16.7 Å². The molecule has 0 aliphatic carbocycles. The third-order valence-electron chi connectivity index (χ3n) is 3.33. The molecule has 1 N–H and O–H groups in total. The number of nitrogens with one attached hydrogen (secondary N) is 1. The van der Waals surface area contributed by atoms with Gasteiger partial charge in [-0.25, -0.2) is 8.78 Å². The van der Waals surface area contributed by atoms with Gasteiger partial charge in [0.05, 0.1) is 10.5 Å². The molecule has 0 radical (unpaired) electrons. The zero-order valence-corrected chi connectivity index (χ0v) is 12.1. The number of nitrogens with zero attached hydrogens (tertiary/aromatic N) is 2. The first-order valence-corrected chi connectivity index (χ1v) is 7.17. The summed E-state index contributed by atoms with van der Waals surface area (Å²) in [5.41, 5.74) is 0.370. The van der Waals surface area contributed by atoms with E-state index in [2.05, 4.69) is 31.4 Å². The maximum Gasteiger partial charge on any atom is 0.244 e. The summed E-state index contributed by atoms with van der Waals surface area (Å²) in [4.78, 5) is 4.28. The van der Waals surface area contributed by atoms with Gasteiger partial charge in [-0.3, -0.25) is 0 Å². The minimum Gasteiger partial charge on any atom is -0.337 e. The van der Waals surface area contributed by atoms with Crippen LogP contribution < -0.4 is 5.32 Å². The Labute approximate surface area is 122 Å². The Kier molecular flexibility index (Phi) is 3.80. The van der Waals surface area contributed by atoms with E-state index >= 15 is 0 Å². The standard InChI is InChI=1S/C13H12BrF2N3O/c14-10-7(4-5-8(15)11(10)16)12-18-13(20-19-12)9-3-1-2-6-17-9/h4-5,9,17H,1-3,6H2/t9-/m1/s1. The third kappa shape index (κ3) is 2.47. The van der Waals surface area contributed by atoms with Crippen molar-refractivity contribution in [3.05, 3.63) is 34.1 Å². The SMILES string of the molecule is Fc1ccc(-c2noc([C@H]3CCCCN3)n2)c(Br)c1F. The molecule has 1 saturated heterocycles. The van der Waals surface area contributed by atoms with Crippen LogP contribution in [0.3, 0.4) is 0 Å². The van der Waals surface area contributed by atoms with E-state index < -0.39 is 11.6 Å². The van der Waals surface area contributed by atoms with Crippen molar-refractivity contribution < 1.29 is 13.3 Å². The van der Waals surface area contributed by atoms with Gasteiger partial charge in [0.15, 0.2) is 11.6 Å². The highest BCUT2D eigenvalue weighted by atomic mass is 79.9. The molecule has 0 bridgehead atoms. The van der Waals surface area contributed by atoms with E-state index in [0.717, 1.165) is 31.9 Å². The molecule has 1 atom stereocenters. The highest BCUT2D eigenvalue weighted by molar-refractivity contribution is 9.10. The fourth-order valence-electron chi connectivity index (χ4n) is 2.25. The minimum atomic E-state index is -0.954. The lowest BCUT2D eigenvalue weighted by molar-refractivity contribution is 0.297. The van der Waals surface area contributed by atoms with E-state index in [-0.39, 0.29) is 16.3 Å². The lowest BCUT2D eigenvalue weighted by atomic mass is 10.1. The van der Waals surface area contributed by atoms with Gasteiger partial charge in [0, 0.05) is 5.56 Å². The summed E-state index contributed by atoms with van der Waals surface area (Å²) < 4.78 is 31.8. The topological polar surface area (TPSA) is 51.0 Å². The van der Waals surface area contributed by atoms with Crippen molar-refractivity contribution in [2.75, 3.05) is 6.54 Å². The number of rotatable bonds is 2. The van der Waals surface area contributed by atoms with Crippen molar-refractivity contribution in [1.29, 1.82) is 0 Å². The molecule has 3 rings (SSSR count). The van der Waals surface area contributed by atoms with Crippen LogP contribution in [0.5, 0.6) is 0 Å². The van der Waals surface area contributed by atoms with Crippen LogP contribution in [-0.2, 0) is 0 Å². The maximum absolute atomic E-state index is 13.5. The summed E-state index contributed by atoms with van der Waals surface area (Å²) in [5, 5.41) is 7.14. The molecule has 7 heteroatoms. The minimum absolute atomic E-state index is 0.00135. The van der Waals surface area contributed by atoms with Crippen molar-refractivity contribution >= 4 is 15.9 Å². The lowest BCUT2D eigenvalue weighted by Crippen LogP contribution is -2.26. The molecule has 0 saturated carbocycles. The van der Waals surface area contributed by atoms with Gasteiger partial charge in [-0.15, -0.1) is 0 Å². The number of hydrogen-bond donors (Lipinski definition) is 1. The van der Waals surface area contributed by atoms with Gasteiger partial charge in [-0.2, -0.15) is 4.98 Å². The Bertz CT molecular complexity index is 626. The second-order valence-corrected chi connectivity index (χ2v) is 5.47. The van der Waals surface area contributed by atoms with Crippen molar-refractivity contribution in [2.45, 2.75) is 25.3 Å². The van der Waals surface area contributed by atoms with Gasteiger partial charge < -0.3 is 9.84 Å². The number of piperidine rings is 1. The third-order valence-corrected chi connectivity index (χ3v) is 4.10. The predicted octanol–water partition coefficient (Wildman–Crippen LogP) is 3.59. The van der Waals surface area contributed by atoms with Crippen molar-refractivity contribution in [3.63, 3.8) is 0 Å². The Balaban J connectivity index is 1.92. The second kappa shape index (κ2) is 5.57. The van der Waals surface area contributed by atoms with E-state index in [4.69, 9.17) is 4.52 Å². The van der Waals surface area contributed by atoms with Crippen LogP contribution in [0.15, 0.2) is 21.1 Å². The zero-order chi connectivity index (χ0) is 14.1. The van der Waals surface area contributed by atoms with Gasteiger partial charge in [-0.05, 0) is 47.4 Å². The van der Waals surface area contributed by atoms with Crippen LogP contribution in [0, 0.1) is 11.6 Å². The molecular formula is C13H12BrF2N3O. The highest BCUT2D eigenvalue weighted by Gasteiger charge is 2.23. The van der Waals surface area contributed by atoms with E-state index in [9.17, 15) is 8.78 Å². The fraction of sp³-hybridized carbons (Fsp3) is 0.385. The first-order valence-electron chi connectivity index (χ1n) is 6.37. The van der Waals surface area contributed by atoms with Gasteiger partial charge in [0.25, 0.3) is 0 Å². The van der Waals surface area contributed by atoms with Crippen LogP contribution in [0.1, 0.15) is 31.2 Å². The molecule has 0 spiro atoms. The summed E-state index contributed by atoms with van der Waals surface area (Å²) in [6.45, 7) is 0.914. The van der Waals surface area contributed by atoms with E-state index in [1.807, 2.05) is 0 Å². The van der Waals surface area contributed by atoms with E-state index in [1.54, 1.807) is 0 Å². The molecular weight excluding hydrogens is 332 g/mol. The summed E-state index contributed by atoms with van der Waals surface area (Å²) in [5.74, 6) is -1.14. The quantitative estimate of drug-likeness (QED) is 0.846. The van der Waals surface area contributed by atoms with Crippen LogP contribution in [0.25, 0.3) is 11.4 Å². The predicted molar refractivity (Wildman–Crippen MR) is 71.9 cm³/mol. The van der Waals surface area contributed by atoms with Gasteiger partial charge in [0.2, 0.25) is 11.7 Å². The maximum atomic E-state index is 13.5. The molecule has 106 valence electrons. The highest BCUT2D eigenvalue weighted by Crippen LogP contribution is 2.31. The lowest BCUT2D eigenvalue weighted by Gasteiger charge is -2.19. The number of hydrogen-bond acceptors (Lipinski definition) is 4. The van der Waals surface area contributed by atoms with E-state index in [0.29, 0.717) is 11.5 Å². The summed E-state index contributed by atoms with van der Waals surface area (Å²) >= 11 is 3.02. The van der Waals surface area contributed by atoms with Crippen LogP contribution in [0.2, 0.25) is 0 Å². The average molecular weight is 344 g/mol. The molecule has 2 heterocycles. The summed E-state index contributed by atoms with van der Waals surface area (Å²) in [6.07, 6.45) is 3.16. The Morgan fingerprint density at radius 2 is 2.15 bits per heavy atom. The molecule has 1 aromatic carbocycles. The molecule has 1 aliphatic rings. The van der Waals surface area contributed by atoms with E-state index in [1.165, 1.54) is 6.07 Å². The van der Waals surface area contributed by atoms with Crippen molar-refractivity contribution in [2.24, 2.45) is 0 Å². The molecule has 2 aromatic rings. The fourth-order valence-corrected chi connectivity index (χ4v) is 2.75. The molecule has 4 nitrogen and oxygen atoms in total. The Hall–Kier alpha value is -1.34. The normalized spacial score (nSPS) is 19.2. The first kappa shape index (κ1) is 13.6. The largest absolute Gasteiger partial charge is 0.337 e. The van der Waals surface area contributed by atoms with Crippen molar-refractivity contribution in [3.8, 4) is 11.4 Å². The molecule has 0 amide bonds. The van der Waals surface area contributed by atoms with Crippen LogP contribution in [0.4, 0.5) is 8.78 Å². The molecule has 1 aromatic heterocycles. The van der Waals surface area contributed by atoms with Crippen LogP contribution >= 0.6 is 15.9 Å². The smallest absolute Gasteiger partial charge is 0.244 e.